The van der Waals surface area contributed by atoms with Crippen molar-refractivity contribution in [2.75, 3.05) is 7.05 Å². The van der Waals surface area contributed by atoms with Crippen molar-refractivity contribution in [1.29, 1.82) is 0 Å². The number of nitrogens with zero attached hydrogens (tertiary/aromatic N) is 5. The third-order valence-corrected chi connectivity index (χ3v) is 2.76. The summed E-state index contributed by atoms with van der Waals surface area (Å²) in [6.45, 7) is 4.78. The van der Waals surface area contributed by atoms with Gasteiger partial charge in [-0.05, 0) is 12.8 Å². The van der Waals surface area contributed by atoms with Crippen molar-refractivity contribution in [2.24, 2.45) is 10.7 Å². The first-order chi connectivity index (χ1) is 8.20. The summed E-state index contributed by atoms with van der Waals surface area (Å²) < 4.78 is 1.72. The highest BCUT2D eigenvalue weighted by molar-refractivity contribution is 14.0. The Morgan fingerprint density at radius 3 is 3.06 bits per heavy atom. The third-order valence-electron chi connectivity index (χ3n) is 2.76. The van der Waals surface area contributed by atoms with E-state index < -0.39 is 0 Å². The van der Waals surface area contributed by atoms with Gasteiger partial charge in [0, 0.05) is 13.1 Å². The summed E-state index contributed by atoms with van der Waals surface area (Å²) >= 11 is 0. The number of halogens is 1. The monoisotopic (exact) mass is 362 g/mol. The highest BCUT2D eigenvalue weighted by Crippen LogP contribution is 2.24. The summed E-state index contributed by atoms with van der Waals surface area (Å²) in [7, 11) is 1.98. The zero-order valence-electron chi connectivity index (χ0n) is 10.5. The van der Waals surface area contributed by atoms with Crippen LogP contribution >= 0.6 is 24.0 Å². The Morgan fingerprint density at radius 2 is 2.44 bits per heavy atom. The lowest BCUT2D eigenvalue weighted by atomic mass is 10.5. The van der Waals surface area contributed by atoms with Gasteiger partial charge in [0.15, 0.2) is 5.96 Å². The van der Waals surface area contributed by atoms with Gasteiger partial charge in [0.2, 0.25) is 0 Å². The molecule has 0 bridgehead atoms. The van der Waals surface area contributed by atoms with Crippen molar-refractivity contribution in [2.45, 2.75) is 32.0 Å². The molecular weight excluding hydrogens is 343 g/mol. The minimum Gasteiger partial charge on any atom is -0.370 e. The summed E-state index contributed by atoms with van der Waals surface area (Å²) in [6.07, 6.45) is 6.05. The molecule has 1 aromatic heterocycles. The first-order valence-corrected chi connectivity index (χ1v) is 5.73. The first-order valence-electron chi connectivity index (χ1n) is 5.73. The molecule has 6 nitrogen and oxygen atoms in total. The predicted molar refractivity (Wildman–Crippen MR) is 81.7 cm³/mol. The van der Waals surface area contributed by atoms with E-state index >= 15 is 0 Å². The molecule has 1 aliphatic carbocycles. The number of hydrogen-bond donors (Lipinski definition) is 1. The van der Waals surface area contributed by atoms with Crippen LogP contribution in [0.1, 0.15) is 18.5 Å². The van der Waals surface area contributed by atoms with Crippen molar-refractivity contribution in [1.82, 2.24) is 19.9 Å². The number of nitrogens with two attached hydrogens (primary N) is 1. The van der Waals surface area contributed by atoms with Crippen LogP contribution in [0.2, 0.25) is 0 Å². The number of allylic oxidation sites excluding steroid dienone is 1. The van der Waals surface area contributed by atoms with Gasteiger partial charge in [-0.25, -0.2) is 9.67 Å². The van der Waals surface area contributed by atoms with Crippen LogP contribution in [0.4, 0.5) is 0 Å². The van der Waals surface area contributed by atoms with E-state index in [0.717, 1.165) is 5.69 Å². The van der Waals surface area contributed by atoms with Crippen LogP contribution in [0.5, 0.6) is 0 Å². The fourth-order valence-electron chi connectivity index (χ4n) is 1.55. The van der Waals surface area contributed by atoms with Crippen LogP contribution in [0.25, 0.3) is 0 Å². The second-order valence-electron chi connectivity index (χ2n) is 4.24. The minimum absolute atomic E-state index is 0. The fourth-order valence-corrected chi connectivity index (χ4v) is 1.55. The van der Waals surface area contributed by atoms with Gasteiger partial charge in [-0.15, -0.1) is 35.7 Å². The zero-order chi connectivity index (χ0) is 12.3. The summed E-state index contributed by atoms with van der Waals surface area (Å²) in [6, 6.07) is 0.579. The van der Waals surface area contributed by atoms with Gasteiger partial charge in [0.1, 0.15) is 5.69 Å². The molecule has 0 unspecified atom stereocenters. The Morgan fingerprint density at radius 1 is 1.72 bits per heavy atom. The van der Waals surface area contributed by atoms with E-state index in [2.05, 4.69) is 21.9 Å². The molecule has 0 aromatic carbocycles. The molecule has 0 amide bonds. The molecule has 1 saturated carbocycles. The van der Waals surface area contributed by atoms with Crippen molar-refractivity contribution < 1.29 is 0 Å². The van der Waals surface area contributed by atoms with Crippen LogP contribution in [0.3, 0.4) is 0 Å². The highest BCUT2D eigenvalue weighted by atomic mass is 127. The molecule has 18 heavy (non-hydrogen) atoms. The predicted octanol–water partition coefficient (Wildman–Crippen LogP) is 0.991. The van der Waals surface area contributed by atoms with Crippen LogP contribution in [0.15, 0.2) is 23.8 Å². The van der Waals surface area contributed by atoms with E-state index in [9.17, 15) is 0 Å². The maximum atomic E-state index is 5.88. The Bertz CT molecular complexity index is 423. The number of aromatic nitrogens is 3. The number of aliphatic imine (C=N–C) groups is 1. The zero-order valence-corrected chi connectivity index (χ0v) is 12.8. The molecule has 1 fully saturated rings. The van der Waals surface area contributed by atoms with Gasteiger partial charge in [-0.2, -0.15) is 0 Å². The molecule has 0 saturated heterocycles. The standard InChI is InChI=1S/C11H18N6.HI/c1-3-6-17-8-9(14-15-17)7-13-11(12)16(2)10-4-5-10;/h3,8,10H,1,4-7H2,2H3,(H2,12,13);1H. The van der Waals surface area contributed by atoms with Gasteiger partial charge in [-0.3, -0.25) is 0 Å². The first kappa shape index (κ1) is 14.9. The molecule has 0 atom stereocenters. The van der Waals surface area contributed by atoms with Crippen LogP contribution in [-0.2, 0) is 13.1 Å². The molecule has 100 valence electrons. The summed E-state index contributed by atoms with van der Waals surface area (Å²) in [5.41, 5.74) is 6.69. The number of hydrogen-bond acceptors (Lipinski definition) is 3. The van der Waals surface area contributed by atoms with Crippen molar-refractivity contribution in [3.05, 3.63) is 24.5 Å². The van der Waals surface area contributed by atoms with E-state index in [0.29, 0.717) is 25.1 Å². The molecular formula is C11H19IN6. The van der Waals surface area contributed by atoms with Gasteiger partial charge in [0.25, 0.3) is 0 Å². The lowest BCUT2D eigenvalue weighted by Crippen LogP contribution is -2.35. The summed E-state index contributed by atoms with van der Waals surface area (Å²) in [4.78, 5) is 6.33. The van der Waals surface area contributed by atoms with Crippen LogP contribution < -0.4 is 5.73 Å². The second kappa shape index (κ2) is 6.72. The van der Waals surface area contributed by atoms with E-state index in [1.807, 2.05) is 18.1 Å². The van der Waals surface area contributed by atoms with Crippen molar-refractivity contribution >= 4 is 29.9 Å². The third kappa shape index (κ3) is 3.97. The summed E-state index contributed by atoms with van der Waals surface area (Å²) in [5.74, 6) is 0.575. The molecule has 2 rings (SSSR count). The average molecular weight is 362 g/mol. The van der Waals surface area contributed by atoms with Crippen molar-refractivity contribution in [3.8, 4) is 0 Å². The Hall–Kier alpha value is -1.12. The lowest BCUT2D eigenvalue weighted by molar-refractivity contribution is 0.487. The largest absolute Gasteiger partial charge is 0.370 e. The fraction of sp³-hybridized carbons (Fsp3) is 0.545. The van der Waals surface area contributed by atoms with Gasteiger partial charge in [0.05, 0.1) is 19.3 Å². The van der Waals surface area contributed by atoms with Gasteiger partial charge < -0.3 is 10.6 Å². The SMILES string of the molecule is C=CCn1cc(CN=C(N)N(C)C2CC2)nn1.I. The highest BCUT2D eigenvalue weighted by Gasteiger charge is 2.27. The maximum absolute atomic E-state index is 5.88. The van der Waals surface area contributed by atoms with E-state index in [-0.39, 0.29) is 24.0 Å². The van der Waals surface area contributed by atoms with Crippen molar-refractivity contribution in [3.63, 3.8) is 0 Å². The molecule has 2 N–H and O–H groups in total. The van der Waals surface area contributed by atoms with Crippen LogP contribution in [0, 0.1) is 0 Å². The molecule has 0 spiro atoms. The Labute approximate surface area is 124 Å². The lowest BCUT2D eigenvalue weighted by Gasteiger charge is -2.16. The molecule has 1 aliphatic rings. The average Bonchev–Trinajstić information content (AvgIpc) is 3.08. The van der Waals surface area contributed by atoms with E-state index in [1.165, 1.54) is 12.8 Å². The normalized spacial score (nSPS) is 15.1. The topological polar surface area (TPSA) is 72.3 Å². The smallest absolute Gasteiger partial charge is 0.191 e. The number of rotatable bonds is 5. The van der Waals surface area contributed by atoms with Crippen LogP contribution in [-0.4, -0.2) is 38.9 Å². The van der Waals surface area contributed by atoms with Gasteiger partial charge >= 0.3 is 0 Å². The molecule has 7 heteroatoms. The second-order valence-corrected chi connectivity index (χ2v) is 4.24. The van der Waals surface area contributed by atoms with Gasteiger partial charge in [-0.1, -0.05) is 11.3 Å². The van der Waals surface area contributed by atoms with E-state index in [1.54, 1.807) is 10.8 Å². The molecule has 1 heterocycles. The quantitative estimate of drug-likeness (QED) is 0.367. The van der Waals surface area contributed by atoms with E-state index in [4.69, 9.17) is 5.73 Å². The minimum atomic E-state index is 0. The number of guanidine groups is 1. The Balaban J connectivity index is 0.00000162. The molecule has 0 aliphatic heterocycles. The Kier molecular flexibility index (Phi) is 5.57. The summed E-state index contributed by atoms with van der Waals surface area (Å²) in [5, 5.41) is 7.96. The molecule has 1 aromatic rings. The molecule has 0 radical (unpaired) electrons. The maximum Gasteiger partial charge on any atom is 0.191 e.